The van der Waals surface area contributed by atoms with E-state index in [2.05, 4.69) is 6.92 Å². The zero-order valence-electron chi connectivity index (χ0n) is 16.8. The van der Waals surface area contributed by atoms with Gasteiger partial charge in [0.15, 0.2) is 17.4 Å². The molecule has 0 bridgehead atoms. The molecular formula is C24H26F2O3. The van der Waals surface area contributed by atoms with Crippen LogP contribution < -0.4 is 4.74 Å². The minimum absolute atomic E-state index is 0.0122. The fourth-order valence-corrected chi connectivity index (χ4v) is 4.13. The second kappa shape index (κ2) is 9.29. The van der Waals surface area contributed by atoms with Gasteiger partial charge in [0.2, 0.25) is 0 Å². The summed E-state index contributed by atoms with van der Waals surface area (Å²) in [6.45, 7) is 3.59. The van der Waals surface area contributed by atoms with Crippen LogP contribution in [0.15, 0.2) is 36.4 Å². The molecule has 0 radical (unpaired) electrons. The minimum atomic E-state index is -1.16. The first-order chi connectivity index (χ1) is 13.9. The number of hydrogen-bond donors (Lipinski definition) is 0. The van der Waals surface area contributed by atoms with E-state index in [4.69, 9.17) is 4.74 Å². The van der Waals surface area contributed by atoms with Gasteiger partial charge in [-0.15, -0.1) is 0 Å². The van der Waals surface area contributed by atoms with E-state index in [1.165, 1.54) is 49.7 Å². The summed E-state index contributed by atoms with van der Waals surface area (Å²) in [5, 5.41) is 0. The maximum atomic E-state index is 14.7. The normalized spacial score (nSPS) is 19.0. The average molecular weight is 400 g/mol. The Balaban J connectivity index is 1.72. The second-order valence-corrected chi connectivity index (χ2v) is 7.81. The average Bonchev–Trinajstić information content (AvgIpc) is 2.71. The quantitative estimate of drug-likeness (QED) is 0.317. The molecule has 29 heavy (non-hydrogen) atoms. The molecule has 1 saturated carbocycles. The summed E-state index contributed by atoms with van der Waals surface area (Å²) in [6.07, 6.45) is 6.06. The van der Waals surface area contributed by atoms with Crippen molar-refractivity contribution < 1.29 is 23.1 Å². The van der Waals surface area contributed by atoms with Crippen molar-refractivity contribution in [2.45, 2.75) is 58.3 Å². The maximum Gasteiger partial charge on any atom is 0.346 e. The molecule has 1 aliphatic rings. The van der Waals surface area contributed by atoms with Gasteiger partial charge in [-0.2, -0.15) is 0 Å². The third-order valence-corrected chi connectivity index (χ3v) is 5.79. The van der Waals surface area contributed by atoms with Gasteiger partial charge in [-0.05, 0) is 80.3 Å². The van der Waals surface area contributed by atoms with Crippen LogP contribution >= 0.6 is 0 Å². The van der Waals surface area contributed by atoms with Crippen molar-refractivity contribution in [2.24, 2.45) is 5.92 Å². The lowest BCUT2D eigenvalue weighted by Crippen LogP contribution is -2.17. The van der Waals surface area contributed by atoms with Crippen molar-refractivity contribution in [2.75, 3.05) is 0 Å². The van der Waals surface area contributed by atoms with Crippen LogP contribution in [0, 0.1) is 17.6 Å². The third-order valence-electron chi connectivity index (χ3n) is 5.79. The molecule has 154 valence electrons. The maximum absolute atomic E-state index is 14.7. The van der Waals surface area contributed by atoms with Crippen LogP contribution in [-0.2, 0) is 0 Å². The number of carbonyl (C=O) groups is 2. The SMILES string of the molecule is CCCC1CCC(c2ccc(C(=O)Oc3ccc(C(C)=O)cc3)c(F)c2F)CC1. The highest BCUT2D eigenvalue weighted by atomic mass is 19.2. The van der Waals surface area contributed by atoms with Crippen molar-refractivity contribution in [3.63, 3.8) is 0 Å². The molecule has 0 aromatic heterocycles. The van der Waals surface area contributed by atoms with Gasteiger partial charge in [0.05, 0.1) is 5.56 Å². The molecule has 0 amide bonds. The van der Waals surface area contributed by atoms with Crippen LogP contribution in [0.3, 0.4) is 0 Å². The Morgan fingerprint density at radius 2 is 1.62 bits per heavy atom. The van der Waals surface area contributed by atoms with Crippen molar-refractivity contribution in [1.29, 1.82) is 0 Å². The number of benzene rings is 2. The molecule has 1 fully saturated rings. The first kappa shape index (κ1) is 21.2. The zero-order valence-corrected chi connectivity index (χ0v) is 16.8. The van der Waals surface area contributed by atoms with Crippen LogP contribution in [0.4, 0.5) is 8.78 Å². The molecule has 0 N–H and O–H groups in total. The summed E-state index contributed by atoms with van der Waals surface area (Å²) >= 11 is 0. The van der Waals surface area contributed by atoms with E-state index in [1.807, 2.05) is 0 Å². The van der Waals surface area contributed by atoms with E-state index in [9.17, 15) is 18.4 Å². The van der Waals surface area contributed by atoms with Gasteiger partial charge in [-0.3, -0.25) is 4.79 Å². The van der Waals surface area contributed by atoms with Gasteiger partial charge in [0.25, 0.3) is 0 Å². The lowest BCUT2D eigenvalue weighted by atomic mass is 9.77. The number of ether oxygens (including phenoxy) is 1. The summed E-state index contributed by atoms with van der Waals surface area (Å²) in [5.41, 5.74) is 0.390. The number of ketones is 1. The lowest BCUT2D eigenvalue weighted by Gasteiger charge is -2.29. The Morgan fingerprint density at radius 1 is 0.966 bits per heavy atom. The Labute approximate surface area is 170 Å². The number of carbonyl (C=O) groups excluding carboxylic acids is 2. The highest BCUT2D eigenvalue weighted by molar-refractivity contribution is 5.94. The van der Waals surface area contributed by atoms with E-state index in [0.29, 0.717) is 17.0 Å². The summed E-state index contributed by atoms with van der Waals surface area (Å²) < 4.78 is 34.5. The molecule has 0 unspecified atom stereocenters. The number of Topliss-reactive ketones (excluding diaryl/α,β-unsaturated/α-hetero) is 1. The Kier molecular flexibility index (Phi) is 6.78. The summed E-state index contributed by atoms with van der Waals surface area (Å²) in [7, 11) is 0. The molecule has 1 aliphatic carbocycles. The van der Waals surface area contributed by atoms with Gasteiger partial charge < -0.3 is 4.74 Å². The van der Waals surface area contributed by atoms with Crippen LogP contribution in [0.1, 0.15) is 84.6 Å². The molecule has 0 aliphatic heterocycles. The standard InChI is InChI=1S/C24H26F2O3/c1-3-4-16-5-7-18(8-6-16)20-13-14-21(23(26)22(20)25)24(28)29-19-11-9-17(10-12-19)15(2)27/h9-14,16,18H,3-8H2,1-2H3. The van der Waals surface area contributed by atoms with Gasteiger partial charge in [0.1, 0.15) is 5.75 Å². The van der Waals surface area contributed by atoms with E-state index in [1.54, 1.807) is 0 Å². The molecule has 0 spiro atoms. The second-order valence-electron chi connectivity index (χ2n) is 7.81. The first-order valence-electron chi connectivity index (χ1n) is 10.2. The van der Waals surface area contributed by atoms with E-state index in [-0.39, 0.29) is 17.5 Å². The molecule has 0 saturated heterocycles. The van der Waals surface area contributed by atoms with Crippen molar-refractivity contribution in [3.05, 3.63) is 64.7 Å². The number of esters is 1. The molecule has 0 atom stereocenters. The number of rotatable bonds is 6. The number of halogens is 2. The fourth-order valence-electron chi connectivity index (χ4n) is 4.13. The zero-order chi connectivity index (χ0) is 21.0. The highest BCUT2D eigenvalue weighted by Crippen LogP contribution is 2.39. The Bertz CT molecular complexity index is 882. The monoisotopic (exact) mass is 400 g/mol. The molecule has 0 heterocycles. The summed E-state index contributed by atoms with van der Waals surface area (Å²) in [4.78, 5) is 23.6. The van der Waals surface area contributed by atoms with E-state index >= 15 is 0 Å². The van der Waals surface area contributed by atoms with Crippen LogP contribution in [0.5, 0.6) is 5.75 Å². The summed E-state index contributed by atoms with van der Waals surface area (Å²) in [5.74, 6) is -2.37. The smallest absolute Gasteiger partial charge is 0.346 e. The molecule has 2 aromatic rings. The first-order valence-corrected chi connectivity index (χ1v) is 10.2. The minimum Gasteiger partial charge on any atom is -0.423 e. The van der Waals surface area contributed by atoms with Crippen LogP contribution in [-0.4, -0.2) is 11.8 Å². The predicted octanol–water partition coefficient (Wildman–Crippen LogP) is 6.46. The van der Waals surface area contributed by atoms with Gasteiger partial charge in [0, 0.05) is 5.56 Å². The van der Waals surface area contributed by atoms with Crippen LogP contribution in [0.2, 0.25) is 0 Å². The fraction of sp³-hybridized carbons (Fsp3) is 0.417. The van der Waals surface area contributed by atoms with Gasteiger partial charge in [-0.1, -0.05) is 25.8 Å². The highest BCUT2D eigenvalue weighted by Gasteiger charge is 2.27. The summed E-state index contributed by atoms with van der Waals surface area (Å²) in [6, 6.07) is 8.74. The van der Waals surface area contributed by atoms with Crippen molar-refractivity contribution >= 4 is 11.8 Å². The molecule has 5 heteroatoms. The van der Waals surface area contributed by atoms with Crippen molar-refractivity contribution in [3.8, 4) is 5.75 Å². The third kappa shape index (κ3) is 4.89. The topological polar surface area (TPSA) is 43.4 Å². The largest absolute Gasteiger partial charge is 0.423 e. The lowest BCUT2D eigenvalue weighted by molar-refractivity contribution is 0.0728. The molecule has 3 nitrogen and oxygen atoms in total. The van der Waals surface area contributed by atoms with Crippen LogP contribution in [0.25, 0.3) is 0 Å². The molecule has 2 aromatic carbocycles. The van der Waals surface area contributed by atoms with E-state index in [0.717, 1.165) is 32.1 Å². The predicted molar refractivity (Wildman–Crippen MR) is 107 cm³/mol. The number of hydrogen-bond acceptors (Lipinski definition) is 3. The molecule has 3 rings (SSSR count). The molecular weight excluding hydrogens is 374 g/mol. The van der Waals surface area contributed by atoms with Gasteiger partial charge in [-0.25, -0.2) is 13.6 Å². The Morgan fingerprint density at radius 3 is 2.21 bits per heavy atom. The van der Waals surface area contributed by atoms with E-state index < -0.39 is 23.2 Å². The van der Waals surface area contributed by atoms with Crippen molar-refractivity contribution in [1.82, 2.24) is 0 Å². The van der Waals surface area contributed by atoms with Gasteiger partial charge >= 0.3 is 5.97 Å². The Hall–Kier alpha value is -2.56.